The van der Waals surface area contributed by atoms with Gasteiger partial charge in [-0.3, -0.25) is 4.79 Å². The summed E-state index contributed by atoms with van der Waals surface area (Å²) in [6, 6.07) is 6.07. The van der Waals surface area contributed by atoms with Crippen LogP contribution in [0.15, 0.2) is 24.3 Å². The number of aliphatic carboxylic acids is 1. The van der Waals surface area contributed by atoms with Gasteiger partial charge in [-0.2, -0.15) is 0 Å². The predicted octanol–water partition coefficient (Wildman–Crippen LogP) is 1.56. The van der Waals surface area contributed by atoms with Crippen LogP contribution in [0.1, 0.15) is 36.5 Å². The van der Waals surface area contributed by atoms with Crippen molar-refractivity contribution in [2.75, 3.05) is 18.4 Å². The summed E-state index contributed by atoms with van der Waals surface area (Å²) < 4.78 is 0. The van der Waals surface area contributed by atoms with Crippen LogP contribution < -0.4 is 5.32 Å². The minimum absolute atomic E-state index is 0.0806. The summed E-state index contributed by atoms with van der Waals surface area (Å²) in [5.74, 6) is -1.38. The lowest BCUT2D eigenvalue weighted by atomic mass is 9.98. The SMILES string of the molecule is CCCNc1ccc(C(=O)N2CC[C@H](O)C[C@@H]2C(=O)O)cc1. The second-order valence-corrected chi connectivity index (χ2v) is 5.53. The molecule has 1 aromatic carbocycles. The topological polar surface area (TPSA) is 89.9 Å². The van der Waals surface area contributed by atoms with Crippen molar-refractivity contribution in [1.29, 1.82) is 0 Å². The van der Waals surface area contributed by atoms with Gasteiger partial charge in [-0.05, 0) is 37.1 Å². The molecule has 1 fully saturated rings. The molecule has 1 heterocycles. The Bertz CT molecular complexity index is 529. The van der Waals surface area contributed by atoms with Crippen molar-refractivity contribution in [2.45, 2.75) is 38.3 Å². The average Bonchev–Trinajstić information content (AvgIpc) is 2.52. The number of amides is 1. The van der Waals surface area contributed by atoms with Gasteiger partial charge in [0.1, 0.15) is 6.04 Å². The summed E-state index contributed by atoms with van der Waals surface area (Å²) in [6.45, 7) is 3.19. The maximum atomic E-state index is 12.5. The number of likely N-dealkylation sites (tertiary alicyclic amines) is 1. The second-order valence-electron chi connectivity index (χ2n) is 5.53. The quantitative estimate of drug-likeness (QED) is 0.768. The largest absolute Gasteiger partial charge is 0.480 e. The van der Waals surface area contributed by atoms with Crippen LogP contribution in [-0.2, 0) is 4.79 Å². The van der Waals surface area contributed by atoms with Crippen LogP contribution >= 0.6 is 0 Å². The van der Waals surface area contributed by atoms with E-state index >= 15 is 0 Å². The molecular formula is C16H22N2O4. The van der Waals surface area contributed by atoms with Gasteiger partial charge in [0.15, 0.2) is 0 Å². The molecule has 120 valence electrons. The number of carboxylic acid groups (broad SMARTS) is 1. The molecule has 1 aliphatic rings. The zero-order chi connectivity index (χ0) is 16.1. The van der Waals surface area contributed by atoms with E-state index in [1.54, 1.807) is 12.1 Å². The van der Waals surface area contributed by atoms with Gasteiger partial charge in [-0.25, -0.2) is 4.79 Å². The van der Waals surface area contributed by atoms with E-state index in [0.29, 0.717) is 12.0 Å². The summed E-state index contributed by atoms with van der Waals surface area (Å²) in [5, 5.41) is 22.1. The number of carboxylic acids is 1. The smallest absolute Gasteiger partial charge is 0.326 e. The predicted molar refractivity (Wildman–Crippen MR) is 82.9 cm³/mol. The molecule has 3 N–H and O–H groups in total. The van der Waals surface area contributed by atoms with Crippen molar-refractivity contribution >= 4 is 17.6 Å². The first-order valence-corrected chi connectivity index (χ1v) is 7.58. The van der Waals surface area contributed by atoms with Crippen LogP contribution in [-0.4, -0.2) is 52.2 Å². The summed E-state index contributed by atoms with van der Waals surface area (Å²) in [7, 11) is 0. The van der Waals surface area contributed by atoms with Crippen molar-refractivity contribution in [1.82, 2.24) is 4.90 Å². The van der Waals surface area contributed by atoms with Gasteiger partial charge in [-0.1, -0.05) is 6.92 Å². The zero-order valence-electron chi connectivity index (χ0n) is 12.7. The van der Waals surface area contributed by atoms with Crippen LogP contribution in [0.5, 0.6) is 0 Å². The molecule has 0 unspecified atom stereocenters. The number of anilines is 1. The molecule has 0 spiro atoms. The lowest BCUT2D eigenvalue weighted by Gasteiger charge is -2.35. The Morgan fingerprint density at radius 2 is 2.00 bits per heavy atom. The molecule has 2 rings (SSSR count). The second kappa shape index (κ2) is 7.26. The van der Waals surface area contributed by atoms with Crippen molar-refractivity contribution < 1.29 is 19.8 Å². The van der Waals surface area contributed by atoms with Gasteiger partial charge in [-0.15, -0.1) is 0 Å². The maximum Gasteiger partial charge on any atom is 0.326 e. The fourth-order valence-corrected chi connectivity index (χ4v) is 2.59. The highest BCUT2D eigenvalue weighted by Gasteiger charge is 2.35. The highest BCUT2D eigenvalue weighted by molar-refractivity contribution is 5.97. The number of carbonyl (C=O) groups excluding carboxylic acids is 1. The van der Waals surface area contributed by atoms with Crippen LogP contribution in [0.25, 0.3) is 0 Å². The minimum Gasteiger partial charge on any atom is -0.480 e. The number of hydrogen-bond donors (Lipinski definition) is 3. The van der Waals surface area contributed by atoms with Gasteiger partial charge in [0.05, 0.1) is 6.10 Å². The summed E-state index contributed by atoms with van der Waals surface area (Å²) >= 11 is 0. The Morgan fingerprint density at radius 3 is 2.59 bits per heavy atom. The Labute approximate surface area is 129 Å². The fourth-order valence-electron chi connectivity index (χ4n) is 2.59. The molecule has 6 nitrogen and oxygen atoms in total. The molecular weight excluding hydrogens is 284 g/mol. The molecule has 0 saturated carbocycles. The molecule has 0 aliphatic carbocycles. The van der Waals surface area contributed by atoms with Gasteiger partial charge in [0.2, 0.25) is 0 Å². The summed E-state index contributed by atoms with van der Waals surface area (Å²) in [4.78, 5) is 25.1. The van der Waals surface area contributed by atoms with Gasteiger partial charge < -0.3 is 20.4 Å². The van der Waals surface area contributed by atoms with Gasteiger partial charge >= 0.3 is 5.97 Å². The van der Waals surface area contributed by atoms with E-state index in [-0.39, 0.29) is 18.9 Å². The van der Waals surface area contributed by atoms with Crippen LogP contribution in [0.2, 0.25) is 0 Å². The third-order valence-corrected chi connectivity index (χ3v) is 3.83. The summed E-state index contributed by atoms with van der Waals surface area (Å²) in [6.07, 6.45) is 0.839. The highest BCUT2D eigenvalue weighted by atomic mass is 16.4. The lowest BCUT2D eigenvalue weighted by molar-refractivity contribution is -0.145. The number of piperidine rings is 1. The molecule has 6 heteroatoms. The van der Waals surface area contributed by atoms with Crippen molar-refractivity contribution in [2.24, 2.45) is 0 Å². The zero-order valence-corrected chi connectivity index (χ0v) is 12.7. The molecule has 1 aliphatic heterocycles. The number of aliphatic hydroxyl groups excluding tert-OH is 1. The average molecular weight is 306 g/mol. The first kappa shape index (κ1) is 16.3. The third kappa shape index (κ3) is 3.76. The standard InChI is InChI=1S/C16H22N2O4/c1-2-8-17-12-5-3-11(4-6-12)15(20)18-9-7-13(19)10-14(18)16(21)22/h3-6,13-14,17,19H,2,7-10H2,1H3,(H,21,22)/t13-,14+/m0/s1. The third-order valence-electron chi connectivity index (χ3n) is 3.83. The summed E-state index contributed by atoms with van der Waals surface area (Å²) in [5.41, 5.74) is 1.40. The Balaban J connectivity index is 2.10. The monoisotopic (exact) mass is 306 g/mol. The van der Waals surface area contributed by atoms with Crippen molar-refractivity contribution in [3.05, 3.63) is 29.8 Å². The number of nitrogens with one attached hydrogen (secondary N) is 1. The Kier molecular flexibility index (Phi) is 5.38. The number of aliphatic hydroxyl groups is 1. The first-order valence-electron chi connectivity index (χ1n) is 7.58. The molecule has 0 radical (unpaired) electrons. The first-order chi connectivity index (χ1) is 10.5. The van der Waals surface area contributed by atoms with Crippen LogP contribution in [0.3, 0.4) is 0 Å². The number of benzene rings is 1. The highest BCUT2D eigenvalue weighted by Crippen LogP contribution is 2.21. The normalized spacial score (nSPS) is 21.5. The molecule has 2 atom stereocenters. The lowest BCUT2D eigenvalue weighted by Crippen LogP contribution is -2.51. The number of hydrogen-bond acceptors (Lipinski definition) is 4. The van der Waals surface area contributed by atoms with E-state index in [1.165, 1.54) is 4.90 Å². The van der Waals surface area contributed by atoms with E-state index in [2.05, 4.69) is 12.2 Å². The van der Waals surface area contributed by atoms with E-state index in [1.807, 2.05) is 12.1 Å². The van der Waals surface area contributed by atoms with E-state index in [0.717, 1.165) is 18.7 Å². The van der Waals surface area contributed by atoms with Gasteiger partial charge in [0, 0.05) is 30.8 Å². The van der Waals surface area contributed by atoms with E-state index in [4.69, 9.17) is 0 Å². The van der Waals surface area contributed by atoms with Crippen molar-refractivity contribution in [3.63, 3.8) is 0 Å². The van der Waals surface area contributed by atoms with Crippen LogP contribution in [0.4, 0.5) is 5.69 Å². The van der Waals surface area contributed by atoms with Gasteiger partial charge in [0.25, 0.3) is 5.91 Å². The Morgan fingerprint density at radius 1 is 1.32 bits per heavy atom. The molecule has 22 heavy (non-hydrogen) atoms. The maximum absolute atomic E-state index is 12.5. The molecule has 0 aromatic heterocycles. The molecule has 1 aromatic rings. The van der Waals surface area contributed by atoms with E-state index < -0.39 is 18.1 Å². The fraction of sp³-hybridized carbons (Fsp3) is 0.500. The molecule has 0 bridgehead atoms. The number of nitrogens with zero attached hydrogens (tertiary/aromatic N) is 1. The van der Waals surface area contributed by atoms with Crippen LogP contribution in [0, 0.1) is 0 Å². The van der Waals surface area contributed by atoms with Crippen molar-refractivity contribution in [3.8, 4) is 0 Å². The Hall–Kier alpha value is -2.08. The minimum atomic E-state index is -1.08. The number of rotatable bonds is 5. The van der Waals surface area contributed by atoms with E-state index in [9.17, 15) is 19.8 Å². The molecule has 1 amide bonds. The number of carbonyl (C=O) groups is 2. The molecule has 1 saturated heterocycles.